The van der Waals surface area contributed by atoms with E-state index in [-0.39, 0.29) is 12.1 Å². The lowest BCUT2D eigenvalue weighted by molar-refractivity contribution is -0.138. The number of carboxylic acids is 1. The van der Waals surface area contributed by atoms with Crippen LogP contribution < -0.4 is 5.32 Å². The highest BCUT2D eigenvalue weighted by Gasteiger charge is 2.39. The molecule has 0 unspecified atom stereocenters. The molecule has 0 aliphatic heterocycles. The topological polar surface area (TPSA) is 98.9 Å². The molecule has 0 saturated heterocycles. The number of carboxylic acid groups (broad SMARTS) is 1. The molecule has 94 valence electrons. The van der Waals surface area contributed by atoms with Crippen LogP contribution in [-0.2, 0) is 4.79 Å². The molecule has 1 saturated carbocycles. The van der Waals surface area contributed by atoms with Gasteiger partial charge in [-0.05, 0) is 32.3 Å². The van der Waals surface area contributed by atoms with E-state index in [4.69, 9.17) is 10.4 Å². The number of carbonyl (C=O) groups is 1. The van der Waals surface area contributed by atoms with Gasteiger partial charge in [0, 0.05) is 5.69 Å². The van der Waals surface area contributed by atoms with Crippen molar-refractivity contribution in [1.29, 1.82) is 5.26 Å². The van der Waals surface area contributed by atoms with E-state index in [1.807, 2.05) is 6.07 Å². The summed E-state index contributed by atoms with van der Waals surface area (Å²) in [4.78, 5) is 19.1. The van der Waals surface area contributed by atoms with Crippen molar-refractivity contribution in [2.45, 2.75) is 38.1 Å². The highest BCUT2D eigenvalue weighted by Crippen LogP contribution is 2.37. The molecule has 1 aromatic rings. The van der Waals surface area contributed by atoms with Crippen molar-refractivity contribution in [2.75, 3.05) is 5.32 Å². The van der Waals surface area contributed by atoms with Crippen LogP contribution in [0.2, 0.25) is 0 Å². The molecule has 0 bridgehead atoms. The Morgan fingerprint density at radius 3 is 2.83 bits per heavy atom. The molecule has 1 aliphatic rings. The van der Waals surface area contributed by atoms with E-state index in [9.17, 15) is 4.79 Å². The van der Waals surface area contributed by atoms with Gasteiger partial charge in [-0.25, -0.2) is 9.97 Å². The molecule has 0 atom stereocenters. The lowest BCUT2D eigenvalue weighted by Gasteiger charge is -2.41. The largest absolute Gasteiger partial charge is 0.481 e. The van der Waals surface area contributed by atoms with E-state index in [2.05, 4.69) is 15.3 Å². The van der Waals surface area contributed by atoms with Gasteiger partial charge in [0.15, 0.2) is 0 Å². The van der Waals surface area contributed by atoms with Crippen LogP contribution in [0.25, 0.3) is 0 Å². The number of nitrogens with zero attached hydrogens (tertiary/aromatic N) is 3. The molecule has 1 fully saturated rings. The predicted molar refractivity (Wildman–Crippen MR) is 63.9 cm³/mol. The maximum Gasteiger partial charge on any atom is 0.305 e. The minimum absolute atomic E-state index is 0.0478. The molecule has 6 heteroatoms. The third kappa shape index (κ3) is 2.56. The van der Waals surface area contributed by atoms with Crippen molar-refractivity contribution in [1.82, 2.24) is 9.97 Å². The molecule has 0 amide bonds. The summed E-state index contributed by atoms with van der Waals surface area (Å²) in [7, 11) is 0. The molecule has 6 nitrogen and oxygen atoms in total. The Labute approximate surface area is 105 Å². The van der Waals surface area contributed by atoms with Crippen LogP contribution in [0, 0.1) is 18.3 Å². The molecule has 0 aromatic carbocycles. The van der Waals surface area contributed by atoms with E-state index in [1.54, 1.807) is 13.0 Å². The zero-order valence-electron chi connectivity index (χ0n) is 10.1. The minimum atomic E-state index is -0.838. The van der Waals surface area contributed by atoms with Crippen LogP contribution >= 0.6 is 0 Å². The van der Waals surface area contributed by atoms with Gasteiger partial charge in [-0.15, -0.1) is 0 Å². The molecule has 1 aromatic heterocycles. The van der Waals surface area contributed by atoms with Gasteiger partial charge in [-0.1, -0.05) is 0 Å². The van der Waals surface area contributed by atoms with Gasteiger partial charge in [0.25, 0.3) is 0 Å². The van der Waals surface area contributed by atoms with Gasteiger partial charge in [0.05, 0.1) is 12.0 Å². The molecule has 1 heterocycles. The Morgan fingerprint density at radius 1 is 1.61 bits per heavy atom. The van der Waals surface area contributed by atoms with Gasteiger partial charge in [-0.3, -0.25) is 4.79 Å². The summed E-state index contributed by atoms with van der Waals surface area (Å²) < 4.78 is 0. The smallest absolute Gasteiger partial charge is 0.305 e. The average molecular weight is 246 g/mol. The summed E-state index contributed by atoms with van der Waals surface area (Å²) in [5, 5.41) is 20.8. The second-order valence-electron chi connectivity index (χ2n) is 4.66. The first-order valence-corrected chi connectivity index (χ1v) is 5.79. The number of hydrogen-bond acceptors (Lipinski definition) is 5. The summed E-state index contributed by atoms with van der Waals surface area (Å²) in [5.41, 5.74) is 0.524. The zero-order chi connectivity index (χ0) is 13.2. The number of nitriles is 1. The van der Waals surface area contributed by atoms with Crippen LogP contribution in [0.4, 0.5) is 5.95 Å². The van der Waals surface area contributed by atoms with Gasteiger partial charge in [-0.2, -0.15) is 5.26 Å². The van der Waals surface area contributed by atoms with Gasteiger partial charge in [0.2, 0.25) is 5.95 Å². The quantitative estimate of drug-likeness (QED) is 0.834. The van der Waals surface area contributed by atoms with Gasteiger partial charge in [0.1, 0.15) is 11.8 Å². The van der Waals surface area contributed by atoms with Crippen LogP contribution in [0.3, 0.4) is 0 Å². The van der Waals surface area contributed by atoms with E-state index in [0.29, 0.717) is 11.6 Å². The Bertz CT molecular complexity index is 517. The summed E-state index contributed by atoms with van der Waals surface area (Å²) in [6.45, 7) is 1.78. The summed E-state index contributed by atoms with van der Waals surface area (Å²) >= 11 is 0. The fourth-order valence-electron chi connectivity index (χ4n) is 2.16. The molecule has 18 heavy (non-hydrogen) atoms. The number of aromatic nitrogens is 2. The number of nitrogens with one attached hydrogen (secondary N) is 1. The maximum atomic E-state index is 10.9. The molecular weight excluding hydrogens is 232 g/mol. The SMILES string of the molecule is Cc1cc(C#N)nc(NC2(CC(=O)O)CCC2)n1. The fraction of sp³-hybridized carbons (Fsp3) is 0.500. The lowest BCUT2D eigenvalue weighted by atomic mass is 9.74. The molecular formula is C12H14N4O2. The van der Waals surface area contributed by atoms with Crippen molar-refractivity contribution in [3.63, 3.8) is 0 Å². The number of aryl methyl sites for hydroxylation is 1. The van der Waals surface area contributed by atoms with E-state index in [0.717, 1.165) is 19.3 Å². The third-order valence-corrected chi connectivity index (χ3v) is 3.15. The van der Waals surface area contributed by atoms with Crippen LogP contribution in [-0.4, -0.2) is 26.6 Å². The van der Waals surface area contributed by atoms with Crippen LogP contribution in [0.1, 0.15) is 37.1 Å². The van der Waals surface area contributed by atoms with Crippen molar-refractivity contribution in [3.8, 4) is 6.07 Å². The maximum absolute atomic E-state index is 10.9. The van der Waals surface area contributed by atoms with Crippen LogP contribution in [0.15, 0.2) is 6.07 Å². The van der Waals surface area contributed by atoms with Crippen LogP contribution in [0.5, 0.6) is 0 Å². The Hall–Kier alpha value is -2.16. The Balaban J connectivity index is 2.20. The first-order valence-electron chi connectivity index (χ1n) is 5.79. The van der Waals surface area contributed by atoms with Gasteiger partial charge >= 0.3 is 5.97 Å². The summed E-state index contributed by atoms with van der Waals surface area (Å²) in [5.74, 6) is -0.497. The fourth-order valence-corrected chi connectivity index (χ4v) is 2.16. The first-order chi connectivity index (χ1) is 8.53. The number of rotatable bonds is 4. The van der Waals surface area contributed by atoms with E-state index >= 15 is 0 Å². The van der Waals surface area contributed by atoms with Crippen molar-refractivity contribution < 1.29 is 9.90 Å². The molecule has 0 radical (unpaired) electrons. The van der Waals surface area contributed by atoms with Crippen molar-refractivity contribution >= 4 is 11.9 Å². The second-order valence-corrected chi connectivity index (χ2v) is 4.66. The Kier molecular flexibility index (Phi) is 3.15. The number of hydrogen-bond donors (Lipinski definition) is 2. The van der Waals surface area contributed by atoms with Crippen molar-refractivity contribution in [3.05, 3.63) is 17.5 Å². The second kappa shape index (κ2) is 4.61. The average Bonchev–Trinajstić information content (AvgIpc) is 2.24. The van der Waals surface area contributed by atoms with E-state index in [1.165, 1.54) is 0 Å². The summed E-state index contributed by atoms with van der Waals surface area (Å²) in [6.07, 6.45) is 2.63. The zero-order valence-corrected chi connectivity index (χ0v) is 10.1. The lowest BCUT2D eigenvalue weighted by Crippen LogP contribution is -2.47. The van der Waals surface area contributed by atoms with Gasteiger partial charge < -0.3 is 10.4 Å². The Morgan fingerprint density at radius 2 is 2.33 bits per heavy atom. The number of aliphatic carboxylic acids is 1. The summed E-state index contributed by atoms with van der Waals surface area (Å²) in [6, 6.07) is 3.56. The monoisotopic (exact) mass is 246 g/mol. The molecule has 2 rings (SSSR count). The third-order valence-electron chi connectivity index (χ3n) is 3.15. The standard InChI is InChI=1S/C12H14N4O2/c1-8-5-9(7-13)15-11(14-8)16-12(3-2-4-12)6-10(17)18/h5H,2-4,6H2,1H3,(H,17,18)(H,14,15,16). The van der Waals surface area contributed by atoms with Crippen molar-refractivity contribution in [2.24, 2.45) is 0 Å². The molecule has 1 aliphatic carbocycles. The minimum Gasteiger partial charge on any atom is -0.481 e. The molecule has 0 spiro atoms. The normalized spacial score (nSPS) is 16.4. The first kappa shape index (κ1) is 12.3. The molecule has 2 N–H and O–H groups in total. The predicted octanol–water partition coefficient (Wildman–Crippen LogP) is 1.47. The highest BCUT2D eigenvalue weighted by molar-refractivity contribution is 5.69. The van der Waals surface area contributed by atoms with E-state index < -0.39 is 11.5 Å². The highest BCUT2D eigenvalue weighted by atomic mass is 16.4. The number of anilines is 1.